The van der Waals surface area contributed by atoms with E-state index in [9.17, 15) is 0 Å². The van der Waals surface area contributed by atoms with Gasteiger partial charge in [-0.1, -0.05) is 74.5 Å². The van der Waals surface area contributed by atoms with Gasteiger partial charge in [0, 0.05) is 0 Å². The molecule has 0 unspecified atom stereocenters. The third kappa shape index (κ3) is 3.98. The van der Waals surface area contributed by atoms with E-state index < -0.39 is 7.12 Å². The lowest BCUT2D eigenvalue weighted by Gasteiger charge is -2.64. The van der Waals surface area contributed by atoms with Gasteiger partial charge in [0.2, 0.25) is 0 Å². The number of rotatable bonds is 8. The van der Waals surface area contributed by atoms with Crippen molar-refractivity contribution >= 4 is 7.12 Å². The Bertz CT molecular complexity index is 873. The van der Waals surface area contributed by atoms with Crippen LogP contribution in [0.3, 0.4) is 0 Å². The van der Waals surface area contributed by atoms with Crippen LogP contribution in [-0.4, -0.2) is 31.4 Å². The summed E-state index contributed by atoms with van der Waals surface area (Å²) in [6.07, 6.45) is 2.47. The summed E-state index contributed by atoms with van der Waals surface area (Å²) in [7, 11) is -0.398. The SMILES string of the molecule is CC1(C)[C@@H]2C[C@H]3OB([C@H](COCc4ccccc4)OCc4ccccc4)O[C@@]3(C)[C@H]1C2. The van der Waals surface area contributed by atoms with Gasteiger partial charge in [0.05, 0.1) is 31.5 Å². The molecule has 5 atom stereocenters. The molecule has 1 heterocycles. The molecule has 4 nitrogen and oxygen atoms in total. The van der Waals surface area contributed by atoms with Crippen molar-refractivity contribution in [2.75, 3.05) is 6.61 Å². The molecule has 0 aromatic heterocycles. The first kappa shape index (κ1) is 21.2. The molecule has 6 rings (SSSR count). The van der Waals surface area contributed by atoms with Gasteiger partial charge in [-0.2, -0.15) is 0 Å². The number of benzene rings is 2. The Morgan fingerprint density at radius 3 is 2.23 bits per heavy atom. The molecule has 1 saturated heterocycles. The summed E-state index contributed by atoms with van der Waals surface area (Å²) in [6, 6.07) is 20.2. The van der Waals surface area contributed by atoms with E-state index in [1.807, 2.05) is 36.4 Å². The second-order valence-electron chi connectivity index (χ2n) is 10.2. The summed E-state index contributed by atoms with van der Waals surface area (Å²) in [5.74, 6) is 1.27. The molecule has 0 radical (unpaired) electrons. The maximum Gasteiger partial charge on any atom is 0.491 e. The van der Waals surface area contributed by atoms with Gasteiger partial charge in [-0.05, 0) is 48.1 Å². The molecule has 3 saturated carbocycles. The van der Waals surface area contributed by atoms with Gasteiger partial charge in [-0.3, -0.25) is 0 Å². The standard InChI is InChI=1S/C26H33BO4/c1-25(2)21-14-22(25)26(3)23(15-21)30-27(31-26)24(29-17-20-12-8-5-9-13-20)18-28-16-19-10-6-4-7-11-19/h4-13,21-24H,14-18H2,1-3H3/t21-,22-,23+,24-,26-/m0/s1. The summed E-state index contributed by atoms with van der Waals surface area (Å²) in [4.78, 5) is 0. The van der Waals surface area contributed by atoms with Crippen LogP contribution in [0.5, 0.6) is 0 Å². The van der Waals surface area contributed by atoms with Crippen LogP contribution in [0.2, 0.25) is 0 Å². The van der Waals surface area contributed by atoms with Crippen LogP contribution in [0.4, 0.5) is 0 Å². The minimum absolute atomic E-state index is 0.145. The second kappa shape index (κ2) is 8.36. The van der Waals surface area contributed by atoms with Gasteiger partial charge in [-0.15, -0.1) is 0 Å². The van der Waals surface area contributed by atoms with E-state index in [1.165, 1.54) is 6.42 Å². The predicted molar refractivity (Wildman–Crippen MR) is 121 cm³/mol. The fraction of sp³-hybridized carbons (Fsp3) is 0.538. The highest BCUT2D eigenvalue weighted by Gasteiger charge is 2.68. The summed E-state index contributed by atoms with van der Waals surface area (Å²) in [5.41, 5.74) is 2.38. The maximum absolute atomic E-state index is 6.66. The van der Waals surface area contributed by atoms with Gasteiger partial charge in [0.25, 0.3) is 0 Å². The topological polar surface area (TPSA) is 36.9 Å². The largest absolute Gasteiger partial charge is 0.491 e. The Labute approximate surface area is 186 Å². The van der Waals surface area contributed by atoms with E-state index in [1.54, 1.807) is 0 Å². The molecule has 0 amide bonds. The van der Waals surface area contributed by atoms with Crippen molar-refractivity contribution in [2.45, 2.75) is 64.5 Å². The summed E-state index contributed by atoms with van der Waals surface area (Å²) >= 11 is 0. The molecule has 3 aliphatic carbocycles. The Morgan fingerprint density at radius 1 is 0.935 bits per heavy atom. The smallest absolute Gasteiger partial charge is 0.404 e. The van der Waals surface area contributed by atoms with Crippen LogP contribution in [0.25, 0.3) is 0 Å². The molecule has 2 bridgehead atoms. The van der Waals surface area contributed by atoms with Crippen molar-refractivity contribution in [3.8, 4) is 0 Å². The van der Waals surface area contributed by atoms with Gasteiger partial charge in [0.15, 0.2) is 0 Å². The highest BCUT2D eigenvalue weighted by atomic mass is 16.7. The van der Waals surface area contributed by atoms with Crippen LogP contribution in [0, 0.1) is 17.3 Å². The molecular formula is C26H33BO4. The van der Waals surface area contributed by atoms with Crippen molar-refractivity contribution in [1.82, 2.24) is 0 Å². The predicted octanol–water partition coefficient (Wildman–Crippen LogP) is 5.06. The van der Waals surface area contributed by atoms with Gasteiger partial charge in [0.1, 0.15) is 6.00 Å². The highest BCUT2D eigenvalue weighted by molar-refractivity contribution is 6.47. The average molecular weight is 420 g/mol. The molecule has 4 fully saturated rings. The van der Waals surface area contributed by atoms with Crippen LogP contribution in [-0.2, 0) is 32.0 Å². The fourth-order valence-electron chi connectivity index (χ4n) is 5.91. The van der Waals surface area contributed by atoms with Crippen LogP contribution < -0.4 is 0 Å². The minimum Gasteiger partial charge on any atom is -0.404 e. The molecular weight excluding hydrogens is 387 g/mol. The van der Waals surface area contributed by atoms with Crippen molar-refractivity contribution in [3.05, 3.63) is 71.8 Å². The van der Waals surface area contributed by atoms with Crippen LogP contribution in [0.15, 0.2) is 60.7 Å². The van der Waals surface area contributed by atoms with E-state index in [2.05, 4.69) is 45.0 Å². The first-order valence-corrected chi connectivity index (χ1v) is 11.6. The normalized spacial score (nSPS) is 31.7. The van der Waals surface area contributed by atoms with Crippen molar-refractivity contribution in [3.63, 3.8) is 0 Å². The minimum atomic E-state index is -0.398. The Morgan fingerprint density at radius 2 is 1.58 bits per heavy atom. The van der Waals surface area contributed by atoms with E-state index in [0.717, 1.165) is 23.5 Å². The van der Waals surface area contributed by atoms with Crippen LogP contribution in [0.1, 0.15) is 44.7 Å². The number of ether oxygens (including phenoxy) is 2. The lowest BCUT2D eigenvalue weighted by Crippen LogP contribution is -2.65. The summed E-state index contributed by atoms with van der Waals surface area (Å²) in [5, 5.41) is 0. The highest BCUT2D eigenvalue weighted by Crippen LogP contribution is 2.65. The molecule has 0 N–H and O–H groups in total. The van der Waals surface area contributed by atoms with Gasteiger partial charge < -0.3 is 18.8 Å². The Kier molecular flexibility index (Phi) is 5.72. The lowest BCUT2D eigenvalue weighted by molar-refractivity contribution is -0.199. The first-order valence-electron chi connectivity index (χ1n) is 11.6. The van der Waals surface area contributed by atoms with Gasteiger partial charge >= 0.3 is 7.12 Å². The molecule has 2 aromatic rings. The maximum atomic E-state index is 6.66. The molecule has 0 spiro atoms. The van der Waals surface area contributed by atoms with Crippen LogP contribution >= 0.6 is 0 Å². The third-order valence-electron chi connectivity index (χ3n) is 7.97. The second-order valence-corrected chi connectivity index (χ2v) is 10.2. The monoisotopic (exact) mass is 420 g/mol. The number of hydrogen-bond acceptors (Lipinski definition) is 4. The van der Waals surface area contributed by atoms with E-state index in [0.29, 0.717) is 31.2 Å². The first-order chi connectivity index (χ1) is 15.0. The zero-order valence-corrected chi connectivity index (χ0v) is 18.8. The lowest BCUT2D eigenvalue weighted by atomic mass is 9.43. The average Bonchev–Trinajstić information content (AvgIpc) is 3.14. The number of hydrogen-bond donors (Lipinski definition) is 0. The quantitative estimate of drug-likeness (QED) is 0.560. The Balaban J connectivity index is 1.27. The third-order valence-corrected chi connectivity index (χ3v) is 7.97. The van der Waals surface area contributed by atoms with E-state index in [-0.39, 0.29) is 17.7 Å². The zero-order chi connectivity index (χ0) is 21.5. The zero-order valence-electron chi connectivity index (χ0n) is 18.8. The van der Waals surface area contributed by atoms with Gasteiger partial charge in [-0.25, -0.2) is 0 Å². The molecule has 2 aromatic carbocycles. The van der Waals surface area contributed by atoms with Crippen molar-refractivity contribution < 1.29 is 18.8 Å². The summed E-state index contributed by atoms with van der Waals surface area (Å²) in [6.45, 7) is 8.53. The van der Waals surface area contributed by atoms with E-state index in [4.69, 9.17) is 18.8 Å². The summed E-state index contributed by atoms with van der Waals surface area (Å²) < 4.78 is 25.5. The Hall–Kier alpha value is -1.66. The molecule has 4 aliphatic rings. The molecule has 31 heavy (non-hydrogen) atoms. The molecule has 164 valence electrons. The fourth-order valence-corrected chi connectivity index (χ4v) is 5.91. The van der Waals surface area contributed by atoms with E-state index >= 15 is 0 Å². The van der Waals surface area contributed by atoms with Crippen molar-refractivity contribution in [1.29, 1.82) is 0 Å². The molecule has 1 aliphatic heterocycles. The van der Waals surface area contributed by atoms with Crippen molar-refractivity contribution in [2.24, 2.45) is 17.3 Å². The molecule has 5 heteroatoms.